The smallest absolute Gasteiger partial charge is 0.309 e. The number of esters is 1. The van der Waals surface area contributed by atoms with Crippen molar-refractivity contribution >= 4 is 20.1 Å². The SMILES string of the molecule is CC(C)(C)OC(=O)C1CCN(c2nc(CCCO[Si](C)(C)C(C)(C)C)cnc2-c2ccc3c(c2)OCO3)CC1. The summed E-state index contributed by atoms with van der Waals surface area (Å²) in [5.41, 5.74) is 2.21. The lowest BCUT2D eigenvalue weighted by molar-refractivity contribution is -0.160. The number of ether oxygens (including phenoxy) is 3. The molecule has 2 aromatic rings. The van der Waals surface area contributed by atoms with E-state index < -0.39 is 13.9 Å². The lowest BCUT2D eigenvalue weighted by atomic mass is 9.96. The first kappa shape index (κ1) is 29.3. The van der Waals surface area contributed by atoms with Crippen molar-refractivity contribution in [3.05, 3.63) is 30.1 Å². The molecule has 1 aromatic carbocycles. The molecule has 2 aliphatic heterocycles. The zero-order chi connectivity index (χ0) is 28.4. The van der Waals surface area contributed by atoms with Crippen LogP contribution in [0.5, 0.6) is 11.5 Å². The molecule has 4 rings (SSSR count). The maximum atomic E-state index is 12.7. The van der Waals surface area contributed by atoms with Crippen LogP contribution < -0.4 is 14.4 Å². The standard InChI is InChI=1S/C30H45N3O5Si/c1-29(2,3)38-28(34)21-13-15-33(16-14-21)27-26(22-11-12-24-25(18-22)36-20-35-24)31-19-23(32-27)10-9-17-37-39(7,8)30(4,5)6/h11-12,18-19,21H,9-10,13-17,20H2,1-8H3. The molecule has 0 spiro atoms. The molecule has 0 bridgehead atoms. The van der Waals surface area contributed by atoms with E-state index >= 15 is 0 Å². The average Bonchev–Trinajstić information content (AvgIpc) is 3.33. The second kappa shape index (κ2) is 11.5. The molecule has 0 aliphatic carbocycles. The van der Waals surface area contributed by atoms with Gasteiger partial charge in [0.15, 0.2) is 25.6 Å². The van der Waals surface area contributed by atoms with E-state index in [0.29, 0.717) is 13.1 Å². The first-order valence-electron chi connectivity index (χ1n) is 14.1. The van der Waals surface area contributed by atoms with Gasteiger partial charge in [-0.05, 0) is 82.8 Å². The van der Waals surface area contributed by atoms with Gasteiger partial charge in [-0.2, -0.15) is 0 Å². The minimum atomic E-state index is -1.78. The third-order valence-electron chi connectivity index (χ3n) is 7.83. The highest BCUT2D eigenvalue weighted by molar-refractivity contribution is 6.74. The Labute approximate surface area is 234 Å². The number of rotatable bonds is 8. The summed E-state index contributed by atoms with van der Waals surface area (Å²) >= 11 is 0. The van der Waals surface area contributed by atoms with Gasteiger partial charge in [0.25, 0.3) is 0 Å². The van der Waals surface area contributed by atoms with Crippen molar-refractivity contribution in [2.45, 2.75) is 91.0 Å². The van der Waals surface area contributed by atoms with Crippen LogP contribution in [0.3, 0.4) is 0 Å². The number of aryl methyl sites for hydroxylation is 1. The molecular weight excluding hydrogens is 510 g/mol. The highest BCUT2D eigenvalue weighted by atomic mass is 28.4. The van der Waals surface area contributed by atoms with Gasteiger partial charge >= 0.3 is 5.97 Å². The molecule has 8 nitrogen and oxygen atoms in total. The Morgan fingerprint density at radius 3 is 2.44 bits per heavy atom. The van der Waals surface area contributed by atoms with Crippen molar-refractivity contribution in [3.8, 4) is 22.8 Å². The van der Waals surface area contributed by atoms with Gasteiger partial charge in [0, 0.05) is 31.5 Å². The quantitative estimate of drug-likeness (QED) is 0.211. The van der Waals surface area contributed by atoms with E-state index in [4.69, 9.17) is 28.6 Å². The van der Waals surface area contributed by atoms with Crippen LogP contribution in [0.25, 0.3) is 11.3 Å². The van der Waals surface area contributed by atoms with E-state index in [1.807, 2.05) is 45.2 Å². The number of benzene rings is 1. The summed E-state index contributed by atoms with van der Waals surface area (Å²) in [5.74, 6) is 2.10. The number of anilines is 1. The second-order valence-corrected chi connectivity index (χ2v) is 17.9. The second-order valence-electron chi connectivity index (χ2n) is 13.1. The molecule has 0 saturated carbocycles. The van der Waals surface area contributed by atoms with Gasteiger partial charge in [0.05, 0.1) is 11.6 Å². The zero-order valence-electron chi connectivity index (χ0n) is 24.9. The number of carbonyl (C=O) groups is 1. The van der Waals surface area contributed by atoms with E-state index in [0.717, 1.165) is 66.6 Å². The van der Waals surface area contributed by atoms with Crippen LogP contribution in [0.4, 0.5) is 5.82 Å². The van der Waals surface area contributed by atoms with Crippen LogP contribution in [0, 0.1) is 5.92 Å². The Balaban J connectivity index is 1.51. The van der Waals surface area contributed by atoms with Crippen molar-refractivity contribution in [1.29, 1.82) is 0 Å². The molecule has 3 heterocycles. The average molecular weight is 556 g/mol. The fourth-order valence-electron chi connectivity index (χ4n) is 4.51. The number of fused-ring (bicyclic) bond motifs is 1. The Morgan fingerprint density at radius 1 is 1.08 bits per heavy atom. The topological polar surface area (TPSA) is 83.0 Å². The molecule has 0 N–H and O–H groups in total. The van der Waals surface area contributed by atoms with Gasteiger partial charge < -0.3 is 23.5 Å². The maximum absolute atomic E-state index is 12.7. The first-order chi connectivity index (χ1) is 18.2. The van der Waals surface area contributed by atoms with Crippen molar-refractivity contribution in [2.75, 3.05) is 31.4 Å². The van der Waals surface area contributed by atoms with Crippen LogP contribution in [0.1, 0.15) is 66.5 Å². The summed E-state index contributed by atoms with van der Waals surface area (Å²) in [4.78, 5) is 24.9. The van der Waals surface area contributed by atoms with E-state index in [1.54, 1.807) is 0 Å². The number of piperidine rings is 1. The Bertz CT molecular complexity index is 1160. The van der Waals surface area contributed by atoms with Gasteiger partial charge in [0.1, 0.15) is 11.3 Å². The van der Waals surface area contributed by atoms with E-state index in [2.05, 4.69) is 38.8 Å². The first-order valence-corrected chi connectivity index (χ1v) is 17.0. The summed E-state index contributed by atoms with van der Waals surface area (Å²) in [6.45, 7) is 19.5. The Morgan fingerprint density at radius 2 is 1.77 bits per heavy atom. The largest absolute Gasteiger partial charge is 0.460 e. The molecule has 2 aliphatic rings. The fourth-order valence-corrected chi connectivity index (χ4v) is 5.60. The number of nitrogens with zero attached hydrogens (tertiary/aromatic N) is 3. The summed E-state index contributed by atoms with van der Waals surface area (Å²) < 4.78 is 23.2. The highest BCUT2D eigenvalue weighted by Crippen LogP contribution is 2.39. The fraction of sp³-hybridized carbons (Fsp3) is 0.633. The Kier molecular flexibility index (Phi) is 8.61. The van der Waals surface area contributed by atoms with Crippen LogP contribution in [-0.2, 0) is 20.4 Å². The van der Waals surface area contributed by atoms with E-state index in [9.17, 15) is 4.79 Å². The molecule has 0 unspecified atom stereocenters. The van der Waals surface area contributed by atoms with Gasteiger partial charge in [-0.15, -0.1) is 0 Å². The van der Waals surface area contributed by atoms with Gasteiger partial charge in [0.2, 0.25) is 6.79 Å². The Hall–Kier alpha value is -2.65. The summed E-state index contributed by atoms with van der Waals surface area (Å²) in [7, 11) is -1.78. The number of hydrogen-bond acceptors (Lipinski definition) is 8. The van der Waals surface area contributed by atoms with Crippen LogP contribution in [-0.4, -0.2) is 56.3 Å². The van der Waals surface area contributed by atoms with Gasteiger partial charge in [-0.1, -0.05) is 20.8 Å². The molecule has 0 amide bonds. The lowest BCUT2D eigenvalue weighted by Gasteiger charge is -2.36. The molecule has 214 valence electrons. The third-order valence-corrected chi connectivity index (χ3v) is 12.4. The van der Waals surface area contributed by atoms with E-state index in [1.165, 1.54) is 0 Å². The molecule has 1 saturated heterocycles. The molecule has 39 heavy (non-hydrogen) atoms. The maximum Gasteiger partial charge on any atom is 0.309 e. The summed E-state index contributed by atoms with van der Waals surface area (Å²) in [6.07, 6.45) is 5.02. The third kappa shape index (κ3) is 7.31. The molecule has 0 atom stereocenters. The zero-order valence-corrected chi connectivity index (χ0v) is 25.9. The van der Waals surface area contributed by atoms with Crippen molar-refractivity contribution in [1.82, 2.24) is 9.97 Å². The summed E-state index contributed by atoms with van der Waals surface area (Å²) in [6, 6.07) is 5.89. The molecule has 1 fully saturated rings. The molecule has 1 aromatic heterocycles. The van der Waals surface area contributed by atoms with Crippen LogP contribution in [0.2, 0.25) is 18.1 Å². The number of aromatic nitrogens is 2. The van der Waals surface area contributed by atoms with Gasteiger partial charge in [-0.3, -0.25) is 9.78 Å². The predicted molar refractivity (Wildman–Crippen MR) is 156 cm³/mol. The summed E-state index contributed by atoms with van der Waals surface area (Å²) in [5, 5.41) is 0.192. The van der Waals surface area contributed by atoms with Crippen molar-refractivity contribution in [3.63, 3.8) is 0 Å². The monoisotopic (exact) mass is 555 g/mol. The predicted octanol–water partition coefficient (Wildman–Crippen LogP) is 6.38. The normalized spacial score (nSPS) is 16.5. The highest BCUT2D eigenvalue weighted by Gasteiger charge is 2.37. The van der Waals surface area contributed by atoms with Crippen molar-refractivity contribution < 1.29 is 23.4 Å². The molecular formula is C30H45N3O5Si. The molecule has 0 radical (unpaired) electrons. The van der Waals surface area contributed by atoms with Crippen LogP contribution >= 0.6 is 0 Å². The van der Waals surface area contributed by atoms with Crippen LogP contribution in [0.15, 0.2) is 24.4 Å². The number of carbonyl (C=O) groups excluding carboxylic acids is 1. The minimum absolute atomic E-state index is 0.0990. The van der Waals surface area contributed by atoms with E-state index in [-0.39, 0.29) is 23.7 Å². The van der Waals surface area contributed by atoms with Crippen molar-refractivity contribution in [2.24, 2.45) is 5.92 Å². The van der Waals surface area contributed by atoms with Gasteiger partial charge in [-0.25, -0.2) is 4.98 Å². The molecule has 9 heteroatoms. The number of hydrogen-bond donors (Lipinski definition) is 0. The minimum Gasteiger partial charge on any atom is -0.460 e. The lowest BCUT2D eigenvalue weighted by Crippen LogP contribution is -2.41.